The van der Waals surface area contributed by atoms with Crippen LogP contribution in [0.25, 0.3) is 0 Å². The molecule has 1 heterocycles. The van der Waals surface area contributed by atoms with E-state index in [0.717, 1.165) is 26.1 Å². The fourth-order valence-electron chi connectivity index (χ4n) is 3.55. The third kappa shape index (κ3) is 7.63. The first-order valence-corrected chi connectivity index (χ1v) is 9.95. The Morgan fingerprint density at radius 1 is 1.04 bits per heavy atom. The fraction of sp³-hybridized carbons (Fsp3) is 0.895. The van der Waals surface area contributed by atoms with Crippen LogP contribution in [-0.2, 0) is 9.53 Å². The van der Waals surface area contributed by atoms with Crippen molar-refractivity contribution in [1.29, 1.82) is 0 Å². The van der Waals surface area contributed by atoms with Gasteiger partial charge in [-0.3, -0.25) is 9.69 Å². The van der Waals surface area contributed by atoms with Crippen LogP contribution in [0.15, 0.2) is 0 Å². The number of hydrogen-bond donors (Lipinski definition) is 1. The number of nitrogens with one attached hydrogen (secondary N) is 1. The van der Waals surface area contributed by atoms with E-state index in [9.17, 15) is 9.59 Å². The van der Waals surface area contributed by atoms with Gasteiger partial charge in [-0.05, 0) is 31.1 Å². The average Bonchev–Trinajstić information content (AvgIpc) is 2.84. The second kappa shape index (κ2) is 10.6. The molecule has 0 atom stereocenters. The van der Waals surface area contributed by atoms with Gasteiger partial charge in [-0.1, -0.05) is 33.1 Å². The molecule has 0 unspecified atom stereocenters. The highest BCUT2D eigenvalue weighted by Crippen LogP contribution is 2.22. The summed E-state index contributed by atoms with van der Waals surface area (Å²) in [5.41, 5.74) is 0. The SMILES string of the molecule is CC(C)COC(=O)N1CCCN(CC(=O)NCC2CCCCC2)CC1. The van der Waals surface area contributed by atoms with Gasteiger partial charge in [0.2, 0.25) is 5.91 Å². The molecule has 1 saturated carbocycles. The molecule has 2 aliphatic rings. The summed E-state index contributed by atoms with van der Waals surface area (Å²) in [5, 5.41) is 3.10. The van der Waals surface area contributed by atoms with Crippen LogP contribution in [0, 0.1) is 11.8 Å². The van der Waals surface area contributed by atoms with Gasteiger partial charge in [0.15, 0.2) is 0 Å². The molecular weight excluding hydrogens is 318 g/mol. The molecule has 6 heteroatoms. The molecule has 1 aliphatic carbocycles. The Hall–Kier alpha value is -1.30. The van der Waals surface area contributed by atoms with E-state index < -0.39 is 0 Å². The van der Waals surface area contributed by atoms with Crippen LogP contribution in [0.5, 0.6) is 0 Å². The van der Waals surface area contributed by atoms with Gasteiger partial charge in [-0.15, -0.1) is 0 Å². The minimum absolute atomic E-state index is 0.112. The van der Waals surface area contributed by atoms with Crippen molar-refractivity contribution < 1.29 is 14.3 Å². The van der Waals surface area contributed by atoms with Gasteiger partial charge in [0.05, 0.1) is 13.2 Å². The maximum atomic E-state index is 12.2. The van der Waals surface area contributed by atoms with Crippen LogP contribution in [0.1, 0.15) is 52.4 Å². The number of nitrogens with zero attached hydrogens (tertiary/aromatic N) is 2. The predicted octanol–water partition coefficient (Wildman–Crippen LogP) is 2.48. The third-order valence-electron chi connectivity index (χ3n) is 5.07. The Balaban J connectivity index is 1.65. The topological polar surface area (TPSA) is 61.9 Å². The maximum absolute atomic E-state index is 12.2. The molecule has 0 aromatic rings. The smallest absolute Gasteiger partial charge is 0.409 e. The molecular formula is C19H35N3O3. The summed E-state index contributed by atoms with van der Waals surface area (Å²) in [4.78, 5) is 28.2. The summed E-state index contributed by atoms with van der Waals surface area (Å²) in [6, 6.07) is 0. The van der Waals surface area contributed by atoms with Crippen LogP contribution >= 0.6 is 0 Å². The van der Waals surface area contributed by atoms with Crippen LogP contribution in [0.2, 0.25) is 0 Å². The molecule has 6 nitrogen and oxygen atoms in total. The first-order valence-electron chi connectivity index (χ1n) is 9.95. The van der Waals surface area contributed by atoms with E-state index in [1.807, 2.05) is 13.8 Å². The lowest BCUT2D eigenvalue weighted by molar-refractivity contribution is -0.122. The van der Waals surface area contributed by atoms with Gasteiger partial charge >= 0.3 is 6.09 Å². The van der Waals surface area contributed by atoms with E-state index in [1.165, 1.54) is 32.1 Å². The second-order valence-corrected chi connectivity index (χ2v) is 7.90. The van der Waals surface area contributed by atoms with Crippen LogP contribution in [0.3, 0.4) is 0 Å². The van der Waals surface area contributed by atoms with Crippen molar-refractivity contribution in [1.82, 2.24) is 15.1 Å². The molecule has 1 saturated heterocycles. The quantitative estimate of drug-likeness (QED) is 0.797. The summed E-state index contributed by atoms with van der Waals surface area (Å²) in [6.45, 7) is 8.69. The average molecular weight is 354 g/mol. The highest BCUT2D eigenvalue weighted by atomic mass is 16.6. The van der Waals surface area contributed by atoms with Crippen molar-refractivity contribution in [2.75, 3.05) is 45.9 Å². The van der Waals surface area contributed by atoms with Crippen LogP contribution < -0.4 is 5.32 Å². The van der Waals surface area contributed by atoms with E-state index >= 15 is 0 Å². The summed E-state index contributed by atoms with van der Waals surface area (Å²) >= 11 is 0. The Bertz CT molecular complexity index is 422. The van der Waals surface area contributed by atoms with E-state index in [0.29, 0.717) is 38.1 Å². The van der Waals surface area contributed by atoms with E-state index in [-0.39, 0.29) is 12.0 Å². The lowest BCUT2D eigenvalue weighted by Crippen LogP contribution is -2.41. The molecule has 144 valence electrons. The van der Waals surface area contributed by atoms with Crippen molar-refractivity contribution in [3.05, 3.63) is 0 Å². The summed E-state index contributed by atoms with van der Waals surface area (Å²) < 4.78 is 5.31. The monoisotopic (exact) mass is 353 g/mol. The molecule has 2 rings (SSSR count). The molecule has 0 spiro atoms. The molecule has 2 fully saturated rings. The highest BCUT2D eigenvalue weighted by molar-refractivity contribution is 5.78. The number of ether oxygens (including phenoxy) is 1. The largest absolute Gasteiger partial charge is 0.449 e. The molecule has 25 heavy (non-hydrogen) atoms. The Kier molecular flexibility index (Phi) is 8.52. The van der Waals surface area contributed by atoms with Gasteiger partial charge in [0, 0.05) is 32.7 Å². The predicted molar refractivity (Wildman–Crippen MR) is 98.4 cm³/mol. The van der Waals surface area contributed by atoms with Crippen LogP contribution in [-0.4, -0.2) is 67.7 Å². The molecule has 0 aromatic heterocycles. The van der Waals surface area contributed by atoms with Gasteiger partial charge in [-0.2, -0.15) is 0 Å². The Labute approximate surface area is 152 Å². The first-order chi connectivity index (χ1) is 12.0. The molecule has 2 amide bonds. The van der Waals surface area contributed by atoms with Crippen molar-refractivity contribution in [3.8, 4) is 0 Å². The molecule has 1 aliphatic heterocycles. The fourth-order valence-corrected chi connectivity index (χ4v) is 3.55. The minimum Gasteiger partial charge on any atom is -0.449 e. The lowest BCUT2D eigenvalue weighted by atomic mass is 9.89. The number of carbonyl (C=O) groups excluding carboxylic acids is 2. The third-order valence-corrected chi connectivity index (χ3v) is 5.07. The second-order valence-electron chi connectivity index (χ2n) is 7.90. The molecule has 0 aromatic carbocycles. The summed E-state index contributed by atoms with van der Waals surface area (Å²) in [5.74, 6) is 1.12. The van der Waals surface area contributed by atoms with Crippen molar-refractivity contribution >= 4 is 12.0 Å². The minimum atomic E-state index is -0.225. The zero-order valence-corrected chi connectivity index (χ0v) is 16.0. The Morgan fingerprint density at radius 2 is 1.80 bits per heavy atom. The number of amides is 2. The maximum Gasteiger partial charge on any atom is 0.409 e. The normalized spacial score (nSPS) is 20.4. The lowest BCUT2D eigenvalue weighted by Gasteiger charge is -2.24. The van der Waals surface area contributed by atoms with E-state index in [1.54, 1.807) is 4.90 Å². The number of carbonyl (C=O) groups is 2. The summed E-state index contributed by atoms with van der Waals surface area (Å²) in [6.07, 6.45) is 7.10. The van der Waals surface area contributed by atoms with Crippen molar-refractivity contribution in [3.63, 3.8) is 0 Å². The van der Waals surface area contributed by atoms with Crippen molar-refractivity contribution in [2.24, 2.45) is 11.8 Å². The highest BCUT2D eigenvalue weighted by Gasteiger charge is 2.22. The van der Waals surface area contributed by atoms with Crippen LogP contribution in [0.4, 0.5) is 4.79 Å². The van der Waals surface area contributed by atoms with Crippen molar-refractivity contribution in [2.45, 2.75) is 52.4 Å². The molecule has 1 N–H and O–H groups in total. The Morgan fingerprint density at radius 3 is 2.52 bits per heavy atom. The van der Waals surface area contributed by atoms with Gasteiger partial charge in [0.25, 0.3) is 0 Å². The zero-order chi connectivity index (χ0) is 18.1. The zero-order valence-electron chi connectivity index (χ0n) is 16.0. The standard InChI is InChI=1S/C19H35N3O3/c1-16(2)15-25-19(24)22-10-6-9-21(11-12-22)14-18(23)20-13-17-7-4-3-5-8-17/h16-17H,3-15H2,1-2H3,(H,20,23). The van der Waals surface area contributed by atoms with E-state index in [4.69, 9.17) is 4.74 Å². The first kappa shape index (κ1) is 20.0. The van der Waals surface area contributed by atoms with Gasteiger partial charge < -0.3 is 15.0 Å². The molecule has 0 bridgehead atoms. The number of hydrogen-bond acceptors (Lipinski definition) is 4. The molecule has 0 radical (unpaired) electrons. The van der Waals surface area contributed by atoms with Gasteiger partial charge in [-0.25, -0.2) is 4.79 Å². The summed E-state index contributed by atoms with van der Waals surface area (Å²) in [7, 11) is 0. The van der Waals surface area contributed by atoms with E-state index in [2.05, 4.69) is 10.2 Å². The van der Waals surface area contributed by atoms with Gasteiger partial charge in [0.1, 0.15) is 0 Å². The number of rotatable bonds is 6.